The van der Waals surface area contributed by atoms with Crippen molar-refractivity contribution in [1.82, 2.24) is 0 Å². The Bertz CT molecular complexity index is 2130. The fourth-order valence-corrected chi connectivity index (χ4v) is 11.4. The monoisotopic (exact) mass is 1070 g/mol. The van der Waals surface area contributed by atoms with Crippen molar-refractivity contribution < 1.29 is 25.4 Å². The predicted octanol–water partition coefficient (Wildman–Crippen LogP) is 16.3. The van der Waals surface area contributed by atoms with Gasteiger partial charge in [-0.1, -0.05) is 65.8 Å². The third-order valence-electron chi connectivity index (χ3n) is 17.4. The van der Waals surface area contributed by atoms with Crippen molar-refractivity contribution in [3.8, 4) is 0 Å². The first-order valence-electron chi connectivity index (χ1n) is 25.8. The molecule has 4 aromatic carbocycles. The summed E-state index contributed by atoms with van der Waals surface area (Å²) in [5.74, 6) is 4.27. The Balaban J connectivity index is 0.000000215. The molecule has 380 valence electrons. The van der Waals surface area contributed by atoms with Gasteiger partial charge >= 0.3 is 35.0 Å². The van der Waals surface area contributed by atoms with Gasteiger partial charge in [0.25, 0.3) is 0 Å². The van der Waals surface area contributed by atoms with Crippen LogP contribution in [0, 0.1) is 118 Å². The van der Waals surface area contributed by atoms with Gasteiger partial charge in [-0.05, 0) is 234 Å². The van der Waals surface area contributed by atoms with E-state index in [0.717, 1.165) is 36.8 Å². The molecule has 6 nitrogen and oxygen atoms in total. The van der Waals surface area contributed by atoms with Gasteiger partial charge in [0.2, 0.25) is 13.3 Å². The predicted molar refractivity (Wildman–Crippen MR) is 291 cm³/mol. The second-order valence-electron chi connectivity index (χ2n) is 21.7. The van der Waals surface area contributed by atoms with E-state index in [1.54, 1.807) is 0 Å². The summed E-state index contributed by atoms with van der Waals surface area (Å²) < 4.78 is 13.1. The fourth-order valence-electron chi connectivity index (χ4n) is 11.4. The number of fused-ring (bicyclic) bond motifs is 2. The van der Waals surface area contributed by atoms with E-state index in [9.17, 15) is 0 Å². The summed E-state index contributed by atoms with van der Waals surface area (Å²) in [6, 6.07) is 17.3. The molecule has 0 spiro atoms. The van der Waals surface area contributed by atoms with Crippen molar-refractivity contribution >= 4 is 41.8 Å². The summed E-state index contributed by atoms with van der Waals surface area (Å²) in [6.45, 7) is 46.8. The van der Waals surface area contributed by atoms with E-state index in [2.05, 4.69) is 192 Å². The topological polar surface area (TPSA) is 31.4 Å². The number of hydrogen-bond donors (Lipinski definition) is 0. The molecule has 0 amide bonds. The minimum atomic E-state index is -0.106. The van der Waals surface area contributed by atoms with Gasteiger partial charge in [-0.25, -0.2) is 0 Å². The summed E-state index contributed by atoms with van der Waals surface area (Å²) in [7, 11) is 9.63. The Morgan fingerprint density at radius 2 is 0.754 bits per heavy atom. The molecule has 0 bridgehead atoms. The molecule has 0 unspecified atom stereocenters. The molecule has 2 heterocycles. The second-order valence-corrected chi connectivity index (χ2v) is 24.1. The van der Waals surface area contributed by atoms with Gasteiger partial charge in [0, 0.05) is 13.1 Å². The van der Waals surface area contributed by atoms with Crippen LogP contribution in [-0.2, 0) is 38.5 Å². The molecule has 2 saturated carbocycles. The third-order valence-corrected chi connectivity index (χ3v) is 17.4. The number of ether oxygens (including phenoxy) is 2. The molecule has 0 aromatic heterocycles. The van der Waals surface area contributed by atoms with Crippen LogP contribution in [0.1, 0.15) is 147 Å². The summed E-state index contributed by atoms with van der Waals surface area (Å²) in [5.41, 5.74) is 21.7. The van der Waals surface area contributed by atoms with E-state index < -0.39 is 0 Å². The van der Waals surface area contributed by atoms with Crippen LogP contribution in [0.3, 0.4) is 0 Å². The number of halogens is 2. The molecule has 0 saturated heterocycles. The Kier molecular flexibility index (Phi) is 20.0. The molecule has 0 N–H and O–H groups in total. The van der Waals surface area contributed by atoms with Crippen LogP contribution in [0.15, 0.2) is 48.5 Å². The quantitative estimate of drug-likeness (QED) is 0.131. The van der Waals surface area contributed by atoms with Crippen LogP contribution < -0.4 is 19.6 Å². The van der Waals surface area contributed by atoms with E-state index in [1.165, 1.54) is 128 Å². The Morgan fingerprint density at radius 1 is 0.478 bits per heavy atom. The van der Waals surface area contributed by atoms with Crippen molar-refractivity contribution in [2.75, 3.05) is 33.1 Å². The molecule has 2 fully saturated rings. The van der Waals surface area contributed by atoms with E-state index in [1.807, 2.05) is 0 Å². The molecular weight excluding hydrogens is 986 g/mol. The maximum atomic E-state index is 6.55. The van der Waals surface area contributed by atoms with Crippen molar-refractivity contribution in [3.63, 3.8) is 0 Å². The van der Waals surface area contributed by atoms with Gasteiger partial charge in [0.15, 0.2) is 0 Å². The molecule has 2 aliphatic carbocycles. The summed E-state index contributed by atoms with van der Waals surface area (Å²) in [5, 5.41) is 0. The van der Waals surface area contributed by atoms with Gasteiger partial charge in [0.05, 0.1) is 35.0 Å². The standard InChI is InChI=1S/2C30H42N2O.2ClH.Pd/c2*1-19(2)26-14-13-20(3)30(15-26)33-18-32-17-31(28-11-9-10-12-29(28)32)16-27-24(7)22(5)21(4)23(6)25(27)8;;;/h2*9-12,19-20,26,30H,13-16,18H2,1-8H3;2*1H;/q;;;;+2/p-2/t2*20-,26+,30-;;;/m00.../s1. The Hall–Kier alpha value is -2.76. The van der Waals surface area contributed by atoms with E-state index in [-0.39, 0.29) is 15.9 Å². The van der Waals surface area contributed by atoms with Crippen molar-refractivity contribution in [2.45, 2.75) is 175 Å². The van der Waals surface area contributed by atoms with Gasteiger partial charge in [-0.3, -0.25) is 0 Å². The van der Waals surface area contributed by atoms with Crippen LogP contribution in [-0.4, -0.2) is 25.7 Å². The summed E-state index contributed by atoms with van der Waals surface area (Å²) >= 11 is -0.106. The van der Waals surface area contributed by atoms with Gasteiger partial charge < -0.3 is 29.1 Å². The van der Waals surface area contributed by atoms with E-state index in [0.29, 0.717) is 37.5 Å². The van der Waals surface area contributed by atoms with Gasteiger partial charge in [0.1, 0.15) is 13.5 Å². The fraction of sp³-hybridized carbons (Fsp3) is 0.567. The van der Waals surface area contributed by atoms with Crippen LogP contribution in [0.25, 0.3) is 0 Å². The molecule has 69 heavy (non-hydrogen) atoms. The molecule has 8 rings (SSSR count). The summed E-state index contributed by atoms with van der Waals surface area (Å²) in [6.07, 6.45) is 8.25. The van der Waals surface area contributed by atoms with Crippen molar-refractivity contribution in [1.29, 1.82) is 0 Å². The number of nitrogens with zero attached hydrogens (tertiary/aromatic N) is 4. The number of anilines is 4. The number of rotatable bonds is 12. The van der Waals surface area contributed by atoms with Crippen molar-refractivity contribution in [2.24, 2.45) is 35.5 Å². The average molecular weight is 1070 g/mol. The minimum absolute atomic E-state index is 0.106. The molecule has 4 aliphatic rings. The molecule has 9 heteroatoms. The number of benzene rings is 4. The number of hydrogen-bond acceptors (Lipinski definition) is 6. The van der Waals surface area contributed by atoms with Crippen LogP contribution in [0.4, 0.5) is 22.7 Å². The molecular formula is C60H84Cl2N4O2Pd. The van der Waals surface area contributed by atoms with Gasteiger partial charge in [-0.2, -0.15) is 0 Å². The number of para-hydroxylation sites is 4. The molecule has 2 aliphatic heterocycles. The third kappa shape index (κ3) is 12.7. The van der Waals surface area contributed by atoms with Crippen LogP contribution in [0.2, 0.25) is 0 Å². The van der Waals surface area contributed by atoms with Crippen molar-refractivity contribution in [3.05, 3.63) is 129 Å². The second kappa shape index (κ2) is 24.8. The molecule has 4 aromatic rings. The SMILES string of the molecule is Cc1c(C)c(C)c(CN2[C]N(CO[C@H]3C[C@H](C(C)C)CC[C@@H]3C)c3ccccc32)c(C)c1C.Cc1c(C)c(C)c(CN2[C]N(CO[C@H]3C[C@H](C(C)C)CC[C@@H]3C)c3ccccc32)c(C)c1C.[Cl][Pd][Cl]. The van der Waals surface area contributed by atoms with Crippen LogP contribution in [0.5, 0.6) is 0 Å². The Labute approximate surface area is 436 Å². The molecule has 4 radical (unpaired) electrons. The first-order valence-corrected chi connectivity index (χ1v) is 29.8. The zero-order valence-electron chi connectivity index (χ0n) is 45.0. The summed E-state index contributed by atoms with van der Waals surface area (Å²) in [4.78, 5) is 8.92. The van der Waals surface area contributed by atoms with E-state index >= 15 is 0 Å². The normalized spacial score (nSPS) is 22.2. The first-order chi connectivity index (χ1) is 32.8. The Morgan fingerprint density at radius 3 is 1.04 bits per heavy atom. The maximum absolute atomic E-state index is 6.55. The zero-order chi connectivity index (χ0) is 50.4. The first kappa shape index (κ1) is 55.6. The van der Waals surface area contributed by atoms with E-state index in [4.69, 9.17) is 28.5 Å². The molecule has 6 atom stereocenters. The average Bonchev–Trinajstić information content (AvgIpc) is 3.88. The van der Waals surface area contributed by atoms with Crippen LogP contribution >= 0.6 is 19.1 Å². The zero-order valence-corrected chi connectivity index (χ0v) is 48.1. The van der Waals surface area contributed by atoms with Gasteiger partial charge in [-0.15, -0.1) is 0 Å².